The number of rotatable bonds is 4. The van der Waals surface area contributed by atoms with Gasteiger partial charge in [0.1, 0.15) is 12.2 Å². The molecule has 0 atom stereocenters. The summed E-state index contributed by atoms with van der Waals surface area (Å²) in [5.41, 5.74) is 3.55. The molecule has 0 unspecified atom stereocenters. The van der Waals surface area contributed by atoms with Crippen LogP contribution in [0.1, 0.15) is 34.8 Å². The molecule has 0 bridgehead atoms. The van der Waals surface area contributed by atoms with Gasteiger partial charge in [0.2, 0.25) is 0 Å². The van der Waals surface area contributed by atoms with E-state index in [1.807, 2.05) is 47.0 Å². The summed E-state index contributed by atoms with van der Waals surface area (Å²) in [4.78, 5) is 14.8. The lowest BCUT2D eigenvalue weighted by atomic mass is 9.91. The Kier molecular flexibility index (Phi) is 5.14. The second kappa shape index (κ2) is 7.87. The minimum atomic E-state index is -0.120. The van der Waals surface area contributed by atoms with Gasteiger partial charge in [-0.15, -0.1) is 0 Å². The fourth-order valence-corrected chi connectivity index (χ4v) is 3.93. The van der Waals surface area contributed by atoms with Crippen molar-refractivity contribution in [3.63, 3.8) is 0 Å². The number of carbonyl (C=O) groups is 1. The number of ether oxygens (including phenoxy) is 1. The molecule has 0 spiro atoms. The van der Waals surface area contributed by atoms with Crippen LogP contribution in [0.5, 0.6) is 0 Å². The highest BCUT2D eigenvalue weighted by atomic mass is 16.5. The maximum Gasteiger partial charge on any atom is 0.274 e. The number of amides is 1. The van der Waals surface area contributed by atoms with Gasteiger partial charge in [-0.3, -0.25) is 4.79 Å². The molecule has 1 aliphatic rings. The van der Waals surface area contributed by atoms with Crippen LogP contribution in [0.15, 0.2) is 54.6 Å². The molecule has 1 aromatic heterocycles. The molecule has 0 radical (unpaired) electrons. The first kappa shape index (κ1) is 18.3. The summed E-state index contributed by atoms with van der Waals surface area (Å²) < 4.78 is 7.28. The average molecular weight is 373 g/mol. The molecule has 1 fully saturated rings. The molecule has 2 aromatic carbocycles. The van der Waals surface area contributed by atoms with Crippen molar-refractivity contribution in [2.45, 2.75) is 25.3 Å². The first-order valence-corrected chi connectivity index (χ1v) is 9.60. The van der Waals surface area contributed by atoms with Crippen molar-refractivity contribution in [2.75, 3.05) is 25.2 Å². The summed E-state index contributed by atoms with van der Waals surface area (Å²) in [6.07, 6.45) is 2.04. The van der Waals surface area contributed by atoms with Gasteiger partial charge >= 0.3 is 0 Å². The van der Waals surface area contributed by atoms with Crippen LogP contribution in [0, 0.1) is 11.3 Å². The molecule has 0 N–H and O–H groups in total. The second-order valence-corrected chi connectivity index (χ2v) is 7.18. The SMILES string of the molecule is CN(C(=O)c1cc2cc(C3CCOCC3)ccc2n1CC#N)c1ccccc1. The van der Waals surface area contributed by atoms with E-state index in [0.717, 1.165) is 42.6 Å². The number of anilines is 1. The van der Waals surface area contributed by atoms with Crippen molar-refractivity contribution in [3.05, 3.63) is 65.9 Å². The highest BCUT2D eigenvalue weighted by molar-refractivity contribution is 6.07. The molecule has 1 saturated heterocycles. The molecule has 0 aliphatic carbocycles. The Bertz CT molecular complexity index is 1030. The van der Waals surface area contributed by atoms with E-state index in [-0.39, 0.29) is 12.5 Å². The number of hydrogen-bond donors (Lipinski definition) is 0. The zero-order chi connectivity index (χ0) is 19.5. The number of carbonyl (C=O) groups excluding carboxylic acids is 1. The van der Waals surface area contributed by atoms with Crippen LogP contribution in [0.25, 0.3) is 10.9 Å². The topological polar surface area (TPSA) is 58.3 Å². The molecule has 28 heavy (non-hydrogen) atoms. The van der Waals surface area contributed by atoms with E-state index in [0.29, 0.717) is 11.6 Å². The van der Waals surface area contributed by atoms with Gasteiger partial charge in [0.25, 0.3) is 5.91 Å². The summed E-state index contributed by atoms with van der Waals surface area (Å²) in [5.74, 6) is 0.369. The van der Waals surface area contributed by atoms with E-state index < -0.39 is 0 Å². The van der Waals surface area contributed by atoms with Crippen LogP contribution in [0.4, 0.5) is 5.69 Å². The van der Waals surface area contributed by atoms with Crippen LogP contribution in [0.3, 0.4) is 0 Å². The van der Waals surface area contributed by atoms with Crippen LogP contribution >= 0.6 is 0 Å². The van der Waals surface area contributed by atoms with E-state index in [4.69, 9.17) is 4.74 Å². The van der Waals surface area contributed by atoms with Crippen molar-refractivity contribution in [3.8, 4) is 6.07 Å². The Balaban J connectivity index is 1.73. The summed E-state index contributed by atoms with van der Waals surface area (Å²) in [5, 5.41) is 10.3. The van der Waals surface area contributed by atoms with Crippen LogP contribution in [-0.2, 0) is 11.3 Å². The maximum absolute atomic E-state index is 13.2. The third-order valence-corrected chi connectivity index (χ3v) is 5.51. The van der Waals surface area contributed by atoms with E-state index in [9.17, 15) is 10.1 Å². The Morgan fingerprint density at radius 1 is 1.18 bits per heavy atom. The van der Waals surface area contributed by atoms with Crippen molar-refractivity contribution in [2.24, 2.45) is 0 Å². The molecule has 4 rings (SSSR count). The molecule has 3 aromatic rings. The third kappa shape index (κ3) is 3.39. The van der Waals surface area contributed by atoms with E-state index in [2.05, 4.69) is 18.2 Å². The Morgan fingerprint density at radius 2 is 1.93 bits per heavy atom. The Morgan fingerprint density at radius 3 is 2.64 bits per heavy atom. The first-order chi connectivity index (χ1) is 13.7. The molecule has 1 amide bonds. The van der Waals surface area contributed by atoms with Crippen LogP contribution in [0.2, 0.25) is 0 Å². The number of para-hydroxylation sites is 1. The van der Waals surface area contributed by atoms with Gasteiger partial charge in [0, 0.05) is 36.9 Å². The van der Waals surface area contributed by atoms with Gasteiger partial charge in [-0.05, 0) is 54.7 Å². The molecule has 1 aliphatic heterocycles. The monoisotopic (exact) mass is 373 g/mol. The molecule has 142 valence electrons. The Labute approximate surface area is 164 Å². The quantitative estimate of drug-likeness (QED) is 0.684. The Hall–Kier alpha value is -3.10. The number of hydrogen-bond acceptors (Lipinski definition) is 3. The molecular weight excluding hydrogens is 350 g/mol. The first-order valence-electron chi connectivity index (χ1n) is 9.60. The van der Waals surface area contributed by atoms with E-state index in [1.165, 1.54) is 5.56 Å². The number of nitriles is 1. The van der Waals surface area contributed by atoms with Crippen molar-refractivity contribution >= 4 is 22.5 Å². The fraction of sp³-hybridized carbons (Fsp3) is 0.304. The maximum atomic E-state index is 13.2. The zero-order valence-corrected chi connectivity index (χ0v) is 16.0. The lowest BCUT2D eigenvalue weighted by Gasteiger charge is -2.22. The van der Waals surface area contributed by atoms with E-state index in [1.54, 1.807) is 11.9 Å². The van der Waals surface area contributed by atoms with Crippen LogP contribution < -0.4 is 4.90 Å². The number of benzene rings is 2. The molecule has 0 saturated carbocycles. The zero-order valence-electron chi connectivity index (χ0n) is 16.0. The van der Waals surface area contributed by atoms with Crippen molar-refractivity contribution < 1.29 is 9.53 Å². The van der Waals surface area contributed by atoms with E-state index >= 15 is 0 Å². The van der Waals surface area contributed by atoms with Crippen LogP contribution in [-0.4, -0.2) is 30.7 Å². The van der Waals surface area contributed by atoms with Gasteiger partial charge in [0.05, 0.1) is 6.07 Å². The molecule has 2 heterocycles. The molecular formula is C23H23N3O2. The summed E-state index contributed by atoms with van der Waals surface area (Å²) in [6, 6.07) is 20.0. The largest absolute Gasteiger partial charge is 0.381 e. The number of fused-ring (bicyclic) bond motifs is 1. The van der Waals surface area contributed by atoms with Crippen molar-refractivity contribution in [1.29, 1.82) is 5.26 Å². The normalized spacial score (nSPS) is 14.7. The summed E-state index contributed by atoms with van der Waals surface area (Å²) in [7, 11) is 1.76. The smallest absolute Gasteiger partial charge is 0.274 e. The summed E-state index contributed by atoms with van der Waals surface area (Å²) >= 11 is 0. The minimum absolute atomic E-state index is 0.120. The highest BCUT2D eigenvalue weighted by Crippen LogP contribution is 2.31. The van der Waals surface area contributed by atoms with Gasteiger partial charge in [-0.1, -0.05) is 24.3 Å². The standard InChI is InChI=1S/C23H23N3O2/c1-25(20-5-3-2-4-6-20)23(27)22-16-19-15-18(17-9-13-28-14-10-17)7-8-21(19)26(22)12-11-24/h2-8,15-17H,9-10,12-14H2,1H3. The van der Waals surface area contributed by atoms with Gasteiger partial charge in [-0.25, -0.2) is 0 Å². The van der Waals surface area contributed by atoms with Crippen molar-refractivity contribution in [1.82, 2.24) is 4.57 Å². The number of aromatic nitrogens is 1. The lowest BCUT2D eigenvalue weighted by Crippen LogP contribution is -2.28. The summed E-state index contributed by atoms with van der Waals surface area (Å²) in [6.45, 7) is 1.73. The average Bonchev–Trinajstić information content (AvgIpc) is 3.12. The number of nitrogens with zero attached hydrogens (tertiary/aromatic N) is 3. The highest BCUT2D eigenvalue weighted by Gasteiger charge is 2.22. The molecule has 5 nitrogen and oxygen atoms in total. The minimum Gasteiger partial charge on any atom is -0.381 e. The van der Waals surface area contributed by atoms with Gasteiger partial charge in [-0.2, -0.15) is 5.26 Å². The predicted octanol–water partition coefficient (Wildman–Crippen LogP) is 4.34. The second-order valence-electron chi connectivity index (χ2n) is 7.18. The predicted molar refractivity (Wildman–Crippen MR) is 110 cm³/mol. The lowest BCUT2D eigenvalue weighted by molar-refractivity contribution is 0.0853. The van der Waals surface area contributed by atoms with Gasteiger partial charge in [0.15, 0.2) is 0 Å². The molecule has 5 heteroatoms. The van der Waals surface area contributed by atoms with Gasteiger partial charge < -0.3 is 14.2 Å². The fourth-order valence-electron chi connectivity index (χ4n) is 3.93. The third-order valence-electron chi connectivity index (χ3n) is 5.51.